The number of nitrogens with one attached hydrogen (secondary N) is 1. The van der Waals surface area contributed by atoms with Crippen molar-refractivity contribution in [3.8, 4) is 0 Å². The lowest BCUT2D eigenvalue weighted by molar-refractivity contribution is -0.142. The minimum Gasteiger partial charge on any atom is -0.376 e. The zero-order valence-corrected chi connectivity index (χ0v) is 22.2. The molecule has 3 aliphatic rings. The van der Waals surface area contributed by atoms with Crippen LogP contribution in [-0.4, -0.2) is 98.3 Å². The minimum absolute atomic E-state index is 0. The maximum Gasteiger partial charge on any atom is 0.251 e. The van der Waals surface area contributed by atoms with Crippen LogP contribution in [-0.2, 0) is 27.4 Å². The Morgan fingerprint density at radius 2 is 1.85 bits per heavy atom. The lowest BCUT2D eigenvalue weighted by atomic mass is 10.1. The van der Waals surface area contributed by atoms with Crippen molar-refractivity contribution in [3.63, 3.8) is 0 Å². The van der Waals surface area contributed by atoms with E-state index in [1.807, 2.05) is 11.9 Å². The van der Waals surface area contributed by atoms with Gasteiger partial charge in [0.2, 0.25) is 0 Å². The number of carbonyl (C=O) groups is 1. The smallest absolute Gasteiger partial charge is 0.251 e. The Balaban J connectivity index is 0.00000306. The van der Waals surface area contributed by atoms with E-state index in [1.165, 1.54) is 11.1 Å². The van der Waals surface area contributed by atoms with Crippen molar-refractivity contribution < 1.29 is 14.3 Å². The third kappa shape index (κ3) is 7.27. The van der Waals surface area contributed by atoms with Crippen LogP contribution in [0.3, 0.4) is 0 Å². The summed E-state index contributed by atoms with van der Waals surface area (Å²) in [6.45, 7) is 10.3. The average molecular weight is 572 g/mol. The molecule has 1 N–H and O–H groups in total. The largest absolute Gasteiger partial charge is 0.376 e. The fourth-order valence-electron chi connectivity index (χ4n) is 4.76. The van der Waals surface area contributed by atoms with E-state index in [9.17, 15) is 4.79 Å². The fourth-order valence-corrected chi connectivity index (χ4v) is 4.76. The molecule has 0 saturated carbocycles. The van der Waals surface area contributed by atoms with E-state index < -0.39 is 0 Å². The highest BCUT2D eigenvalue weighted by Crippen LogP contribution is 2.16. The molecule has 0 spiro atoms. The molecule has 1 aromatic rings. The number of guanidine groups is 1. The molecule has 0 aliphatic carbocycles. The highest BCUT2D eigenvalue weighted by Gasteiger charge is 2.30. The monoisotopic (exact) mass is 571 g/mol. The number of ether oxygens (including phenoxy) is 2. The van der Waals surface area contributed by atoms with E-state index in [4.69, 9.17) is 9.47 Å². The van der Waals surface area contributed by atoms with Crippen molar-refractivity contribution in [3.05, 3.63) is 35.4 Å². The summed E-state index contributed by atoms with van der Waals surface area (Å²) in [7, 11) is 1.82. The van der Waals surface area contributed by atoms with Crippen LogP contribution in [0, 0.1) is 0 Å². The first kappa shape index (κ1) is 26.2. The summed E-state index contributed by atoms with van der Waals surface area (Å²) < 4.78 is 11.2. The zero-order valence-electron chi connectivity index (χ0n) is 19.9. The second-order valence-electron chi connectivity index (χ2n) is 8.95. The van der Waals surface area contributed by atoms with E-state index >= 15 is 0 Å². The van der Waals surface area contributed by atoms with Gasteiger partial charge in [-0.15, -0.1) is 24.0 Å². The number of nitrogens with zero attached hydrogens (tertiary/aromatic N) is 4. The molecule has 3 aliphatic heterocycles. The molecule has 3 saturated heterocycles. The van der Waals surface area contributed by atoms with Crippen molar-refractivity contribution >= 4 is 35.8 Å². The molecule has 184 valence electrons. The highest BCUT2D eigenvalue weighted by atomic mass is 127. The molecule has 33 heavy (non-hydrogen) atoms. The SMILES string of the molecule is CN=C(NCc1cccc(CN2CCOC(C)C2)c1)N1CCN(C(=O)C2CCCO2)CC1.I. The first-order valence-electron chi connectivity index (χ1n) is 11.9. The number of amides is 1. The molecule has 4 rings (SSSR count). The Morgan fingerprint density at radius 3 is 2.55 bits per heavy atom. The predicted molar refractivity (Wildman–Crippen MR) is 140 cm³/mol. The van der Waals surface area contributed by atoms with Crippen LogP contribution in [0.5, 0.6) is 0 Å². The molecule has 3 heterocycles. The summed E-state index contributed by atoms with van der Waals surface area (Å²) in [5.41, 5.74) is 2.58. The first-order chi connectivity index (χ1) is 15.6. The zero-order chi connectivity index (χ0) is 22.3. The lowest BCUT2D eigenvalue weighted by Gasteiger charge is -2.37. The Kier molecular flexibility index (Phi) is 10.2. The van der Waals surface area contributed by atoms with E-state index in [0.717, 1.165) is 64.7 Å². The van der Waals surface area contributed by atoms with Crippen molar-refractivity contribution in [1.82, 2.24) is 20.0 Å². The van der Waals surface area contributed by atoms with E-state index in [-0.39, 0.29) is 36.0 Å². The number of morpholine rings is 1. The summed E-state index contributed by atoms with van der Waals surface area (Å²) in [5.74, 6) is 1.04. The number of hydrogen-bond acceptors (Lipinski definition) is 5. The second kappa shape index (κ2) is 12.9. The third-order valence-electron chi connectivity index (χ3n) is 6.48. The summed E-state index contributed by atoms with van der Waals surface area (Å²) in [4.78, 5) is 23.7. The number of hydrogen-bond donors (Lipinski definition) is 1. The van der Waals surface area contributed by atoms with E-state index in [1.54, 1.807) is 0 Å². The van der Waals surface area contributed by atoms with Crippen molar-refractivity contribution in [2.75, 3.05) is 59.5 Å². The summed E-state index contributed by atoms with van der Waals surface area (Å²) in [6.07, 6.45) is 1.91. The summed E-state index contributed by atoms with van der Waals surface area (Å²) in [6, 6.07) is 8.76. The van der Waals surface area contributed by atoms with Crippen LogP contribution in [0.4, 0.5) is 0 Å². The molecule has 2 unspecified atom stereocenters. The van der Waals surface area contributed by atoms with Gasteiger partial charge in [-0.2, -0.15) is 0 Å². The van der Waals surface area contributed by atoms with Crippen LogP contribution in [0.1, 0.15) is 30.9 Å². The molecule has 0 bridgehead atoms. The average Bonchev–Trinajstić information content (AvgIpc) is 3.35. The van der Waals surface area contributed by atoms with Crippen LogP contribution in [0.15, 0.2) is 29.3 Å². The fraction of sp³-hybridized carbons (Fsp3) is 0.667. The van der Waals surface area contributed by atoms with Crippen LogP contribution >= 0.6 is 24.0 Å². The lowest BCUT2D eigenvalue weighted by Crippen LogP contribution is -2.55. The third-order valence-corrected chi connectivity index (χ3v) is 6.48. The van der Waals surface area contributed by atoms with Gasteiger partial charge in [0.25, 0.3) is 5.91 Å². The molecule has 9 heteroatoms. The quantitative estimate of drug-likeness (QED) is 0.331. The van der Waals surface area contributed by atoms with Gasteiger partial charge in [0.05, 0.1) is 12.7 Å². The topological polar surface area (TPSA) is 69.6 Å². The first-order valence-corrected chi connectivity index (χ1v) is 11.9. The van der Waals surface area contributed by atoms with Crippen LogP contribution in [0.2, 0.25) is 0 Å². The number of rotatable bonds is 5. The van der Waals surface area contributed by atoms with Gasteiger partial charge in [-0.05, 0) is 30.9 Å². The standard InChI is InChI=1S/C24H37N5O3.HI/c1-19-17-27(12-14-31-19)18-21-6-3-5-20(15-21)16-26-24(25-2)29-10-8-28(9-11-29)23(30)22-7-4-13-32-22;/h3,5-6,15,19,22H,4,7-14,16-18H2,1-2H3,(H,25,26);1H. The number of aliphatic imine (C=N–C) groups is 1. The Morgan fingerprint density at radius 1 is 1.09 bits per heavy atom. The number of benzene rings is 1. The van der Waals surface area contributed by atoms with Gasteiger partial charge in [-0.25, -0.2) is 0 Å². The Hall–Kier alpha value is -1.43. The minimum atomic E-state index is -0.230. The molecular weight excluding hydrogens is 533 g/mol. The summed E-state index contributed by atoms with van der Waals surface area (Å²) >= 11 is 0. The van der Waals surface area contributed by atoms with E-state index in [2.05, 4.69) is 51.3 Å². The van der Waals surface area contributed by atoms with Gasteiger partial charge < -0.3 is 24.6 Å². The number of carbonyl (C=O) groups excluding carboxylic acids is 1. The van der Waals surface area contributed by atoms with Gasteiger partial charge in [-0.1, -0.05) is 24.3 Å². The Labute approximate surface area is 214 Å². The molecule has 8 nitrogen and oxygen atoms in total. The maximum atomic E-state index is 12.6. The molecule has 0 radical (unpaired) electrons. The van der Waals surface area contributed by atoms with Gasteiger partial charge in [0.1, 0.15) is 6.10 Å². The number of halogens is 1. The maximum absolute atomic E-state index is 12.6. The molecule has 0 aromatic heterocycles. The molecule has 1 amide bonds. The normalized spacial score (nSPS) is 24.5. The van der Waals surface area contributed by atoms with Gasteiger partial charge in [-0.3, -0.25) is 14.7 Å². The molecule has 1 aromatic carbocycles. The number of piperazine rings is 1. The highest BCUT2D eigenvalue weighted by molar-refractivity contribution is 14.0. The van der Waals surface area contributed by atoms with Gasteiger partial charge >= 0.3 is 0 Å². The van der Waals surface area contributed by atoms with E-state index in [0.29, 0.717) is 25.8 Å². The molecule has 2 atom stereocenters. The van der Waals surface area contributed by atoms with Crippen molar-refractivity contribution in [1.29, 1.82) is 0 Å². The summed E-state index contributed by atoms with van der Waals surface area (Å²) in [5, 5.41) is 3.51. The van der Waals surface area contributed by atoms with Crippen LogP contribution < -0.4 is 5.32 Å². The second-order valence-corrected chi connectivity index (χ2v) is 8.95. The predicted octanol–water partition coefficient (Wildman–Crippen LogP) is 1.92. The van der Waals surface area contributed by atoms with Gasteiger partial charge in [0.15, 0.2) is 5.96 Å². The van der Waals surface area contributed by atoms with Gasteiger partial charge in [0, 0.05) is 66.0 Å². The molecule has 3 fully saturated rings. The van der Waals surface area contributed by atoms with Crippen molar-refractivity contribution in [2.24, 2.45) is 4.99 Å². The van der Waals surface area contributed by atoms with Crippen LogP contribution in [0.25, 0.3) is 0 Å². The van der Waals surface area contributed by atoms with Crippen molar-refractivity contribution in [2.45, 2.75) is 45.1 Å². The molecular formula is C24H38IN5O3. The Bertz CT molecular complexity index is 794.